The molecule has 0 unspecified atom stereocenters. The number of aromatic nitrogens is 3. The van der Waals surface area contributed by atoms with E-state index in [1.165, 1.54) is 0 Å². The lowest BCUT2D eigenvalue weighted by molar-refractivity contribution is 0.296. The van der Waals surface area contributed by atoms with Gasteiger partial charge in [-0.15, -0.1) is 24.0 Å². The highest BCUT2D eigenvalue weighted by Crippen LogP contribution is 2.25. The first-order valence-corrected chi connectivity index (χ1v) is 9.95. The zero-order valence-corrected chi connectivity index (χ0v) is 19.5. The molecule has 160 valence electrons. The fraction of sp³-hybridized carbons (Fsp3) is 0.550. The summed E-state index contributed by atoms with van der Waals surface area (Å²) >= 11 is 0. The summed E-state index contributed by atoms with van der Waals surface area (Å²) in [6.45, 7) is 6.26. The summed E-state index contributed by atoms with van der Waals surface area (Å²) < 4.78 is 11.0. The third kappa shape index (κ3) is 7.06. The molecule has 29 heavy (non-hydrogen) atoms. The van der Waals surface area contributed by atoms with Gasteiger partial charge in [-0.1, -0.05) is 6.07 Å². The number of nitrogens with one attached hydrogen (secondary N) is 2. The monoisotopic (exact) mass is 514 g/mol. The molecule has 1 aromatic heterocycles. The van der Waals surface area contributed by atoms with E-state index in [0.717, 1.165) is 68.7 Å². The minimum absolute atomic E-state index is 0. The quantitative estimate of drug-likeness (QED) is 0.244. The van der Waals surface area contributed by atoms with Gasteiger partial charge in [-0.05, 0) is 31.9 Å². The van der Waals surface area contributed by atoms with E-state index in [2.05, 4.69) is 32.3 Å². The second-order valence-electron chi connectivity index (χ2n) is 6.75. The fourth-order valence-corrected chi connectivity index (χ4v) is 3.33. The molecule has 0 aliphatic carbocycles. The average molecular weight is 514 g/mol. The highest BCUT2D eigenvalue weighted by molar-refractivity contribution is 14.0. The molecule has 2 aromatic rings. The standard InChI is InChI=1S/C20H30N6O2.HI/c1-3-21-20(26-11-8-16(9-12-26)19-23-15-24-25-19)22-10-5-13-28-18-7-4-6-17(14-18)27-2;/h4,6-7,14-16H,3,5,8-13H2,1-2H3,(H,21,22)(H,23,24,25);1H. The Labute approximate surface area is 189 Å². The molecule has 1 aromatic carbocycles. The highest BCUT2D eigenvalue weighted by atomic mass is 127. The van der Waals surface area contributed by atoms with Crippen molar-refractivity contribution in [2.45, 2.75) is 32.1 Å². The molecule has 2 heterocycles. The molecule has 3 rings (SSSR count). The van der Waals surface area contributed by atoms with Gasteiger partial charge in [0.1, 0.15) is 23.7 Å². The second-order valence-corrected chi connectivity index (χ2v) is 6.75. The number of ether oxygens (including phenoxy) is 2. The SMILES string of the molecule is CCNC(=NCCCOc1cccc(OC)c1)N1CCC(c2ncn[nH]2)CC1.I. The Morgan fingerprint density at radius 2 is 2.10 bits per heavy atom. The van der Waals surface area contributed by atoms with Crippen LogP contribution in [0.3, 0.4) is 0 Å². The van der Waals surface area contributed by atoms with Gasteiger partial charge in [-0.2, -0.15) is 5.10 Å². The third-order valence-electron chi connectivity index (χ3n) is 4.82. The van der Waals surface area contributed by atoms with E-state index >= 15 is 0 Å². The lowest BCUT2D eigenvalue weighted by atomic mass is 9.96. The number of aromatic amines is 1. The zero-order chi connectivity index (χ0) is 19.6. The van der Waals surface area contributed by atoms with Crippen LogP contribution in [0.2, 0.25) is 0 Å². The van der Waals surface area contributed by atoms with E-state index < -0.39 is 0 Å². The lowest BCUT2D eigenvalue weighted by Gasteiger charge is -2.33. The summed E-state index contributed by atoms with van der Waals surface area (Å²) in [5.74, 6) is 4.07. The van der Waals surface area contributed by atoms with Crippen molar-refractivity contribution in [3.8, 4) is 11.5 Å². The van der Waals surface area contributed by atoms with E-state index in [9.17, 15) is 0 Å². The lowest BCUT2D eigenvalue weighted by Crippen LogP contribution is -2.45. The summed E-state index contributed by atoms with van der Waals surface area (Å²) in [7, 11) is 1.66. The van der Waals surface area contributed by atoms with Crippen LogP contribution >= 0.6 is 24.0 Å². The number of aliphatic imine (C=N–C) groups is 1. The zero-order valence-electron chi connectivity index (χ0n) is 17.1. The van der Waals surface area contributed by atoms with Gasteiger partial charge in [-0.25, -0.2) is 4.98 Å². The summed E-state index contributed by atoms with van der Waals surface area (Å²) in [5.41, 5.74) is 0. The largest absolute Gasteiger partial charge is 0.497 e. The Hall–Kier alpha value is -2.04. The Bertz CT molecular complexity index is 732. The van der Waals surface area contributed by atoms with Crippen molar-refractivity contribution in [1.82, 2.24) is 25.4 Å². The molecule has 1 saturated heterocycles. The molecule has 1 fully saturated rings. The van der Waals surface area contributed by atoms with Gasteiger partial charge >= 0.3 is 0 Å². The number of hydrogen-bond acceptors (Lipinski definition) is 5. The van der Waals surface area contributed by atoms with Crippen LogP contribution in [0.5, 0.6) is 11.5 Å². The predicted octanol–water partition coefficient (Wildman–Crippen LogP) is 3.05. The number of piperidine rings is 1. The smallest absolute Gasteiger partial charge is 0.193 e. The molecular formula is C20H31IN6O2. The van der Waals surface area contributed by atoms with Gasteiger partial charge < -0.3 is 19.7 Å². The summed E-state index contributed by atoms with van der Waals surface area (Å²) in [6.07, 6.45) is 4.55. The Kier molecular flexibility index (Phi) is 10.0. The minimum Gasteiger partial charge on any atom is -0.497 e. The van der Waals surface area contributed by atoms with Gasteiger partial charge in [0.25, 0.3) is 0 Å². The minimum atomic E-state index is 0. The summed E-state index contributed by atoms with van der Waals surface area (Å²) in [6, 6.07) is 7.67. The predicted molar refractivity (Wildman–Crippen MR) is 124 cm³/mol. The molecule has 0 saturated carbocycles. The summed E-state index contributed by atoms with van der Waals surface area (Å²) in [4.78, 5) is 11.4. The molecule has 0 bridgehead atoms. The number of rotatable bonds is 8. The first kappa shape index (κ1) is 23.2. The first-order chi connectivity index (χ1) is 13.8. The number of hydrogen-bond donors (Lipinski definition) is 2. The van der Waals surface area contributed by atoms with Crippen molar-refractivity contribution in [1.29, 1.82) is 0 Å². The van der Waals surface area contributed by atoms with E-state index in [0.29, 0.717) is 12.5 Å². The Morgan fingerprint density at radius 1 is 1.31 bits per heavy atom. The van der Waals surface area contributed by atoms with Crippen LogP contribution in [0.4, 0.5) is 0 Å². The summed E-state index contributed by atoms with van der Waals surface area (Å²) in [5, 5.41) is 10.4. The van der Waals surface area contributed by atoms with Gasteiger partial charge in [-0.3, -0.25) is 10.1 Å². The first-order valence-electron chi connectivity index (χ1n) is 9.95. The van der Waals surface area contributed by atoms with Crippen LogP contribution in [0.1, 0.15) is 37.9 Å². The molecule has 2 N–H and O–H groups in total. The normalized spacial score (nSPS) is 15.0. The van der Waals surface area contributed by atoms with Gasteiger partial charge in [0, 0.05) is 44.6 Å². The van der Waals surface area contributed by atoms with E-state index in [1.54, 1.807) is 13.4 Å². The van der Waals surface area contributed by atoms with Crippen LogP contribution in [-0.2, 0) is 0 Å². The number of halogens is 1. The van der Waals surface area contributed by atoms with Crippen molar-refractivity contribution < 1.29 is 9.47 Å². The fourth-order valence-electron chi connectivity index (χ4n) is 3.33. The van der Waals surface area contributed by atoms with Crippen molar-refractivity contribution in [3.63, 3.8) is 0 Å². The highest BCUT2D eigenvalue weighted by Gasteiger charge is 2.24. The second kappa shape index (κ2) is 12.5. The molecule has 9 heteroatoms. The van der Waals surface area contributed by atoms with E-state index in [-0.39, 0.29) is 24.0 Å². The van der Waals surface area contributed by atoms with Crippen LogP contribution < -0.4 is 14.8 Å². The topological polar surface area (TPSA) is 87.7 Å². The molecule has 8 nitrogen and oxygen atoms in total. The van der Waals surface area contributed by atoms with Gasteiger partial charge in [0.05, 0.1) is 13.7 Å². The molecule has 0 amide bonds. The third-order valence-corrected chi connectivity index (χ3v) is 4.82. The maximum atomic E-state index is 5.79. The number of methoxy groups -OCH3 is 1. The van der Waals surface area contributed by atoms with E-state index in [1.807, 2.05) is 24.3 Å². The van der Waals surface area contributed by atoms with Crippen LogP contribution in [0, 0.1) is 0 Å². The molecular weight excluding hydrogens is 483 g/mol. The van der Waals surface area contributed by atoms with Crippen LogP contribution in [0.15, 0.2) is 35.6 Å². The van der Waals surface area contributed by atoms with Gasteiger partial charge in [0.15, 0.2) is 5.96 Å². The maximum Gasteiger partial charge on any atom is 0.193 e. The van der Waals surface area contributed by atoms with E-state index in [4.69, 9.17) is 14.5 Å². The van der Waals surface area contributed by atoms with Crippen molar-refractivity contribution in [3.05, 3.63) is 36.4 Å². The number of guanidine groups is 1. The maximum absolute atomic E-state index is 5.79. The number of likely N-dealkylation sites (tertiary alicyclic amines) is 1. The molecule has 0 spiro atoms. The molecule has 1 aliphatic rings. The Morgan fingerprint density at radius 3 is 2.79 bits per heavy atom. The Balaban J connectivity index is 0.00000300. The van der Waals surface area contributed by atoms with Crippen LogP contribution in [0.25, 0.3) is 0 Å². The molecule has 1 aliphatic heterocycles. The van der Waals surface area contributed by atoms with Crippen molar-refractivity contribution in [2.75, 3.05) is 39.9 Å². The number of nitrogens with zero attached hydrogens (tertiary/aromatic N) is 4. The number of benzene rings is 1. The molecule has 0 radical (unpaired) electrons. The molecule has 0 atom stereocenters. The van der Waals surface area contributed by atoms with Crippen molar-refractivity contribution in [2.24, 2.45) is 4.99 Å². The van der Waals surface area contributed by atoms with Gasteiger partial charge in [0.2, 0.25) is 0 Å². The van der Waals surface area contributed by atoms with Crippen molar-refractivity contribution >= 4 is 29.9 Å². The number of H-pyrrole nitrogens is 1. The van der Waals surface area contributed by atoms with Crippen LogP contribution in [-0.4, -0.2) is 65.9 Å². The average Bonchev–Trinajstić information content (AvgIpc) is 3.28.